The molecule has 0 saturated heterocycles. The maximum Gasteiger partial charge on any atom is 0.263 e. The number of aromatic nitrogens is 1. The molecule has 0 amide bonds. The van der Waals surface area contributed by atoms with Crippen LogP contribution in [0.1, 0.15) is 17.7 Å². The molecule has 1 N–H and O–H groups in total. The molecule has 0 bridgehead atoms. The van der Waals surface area contributed by atoms with Gasteiger partial charge in [-0.1, -0.05) is 29.4 Å². The minimum absolute atomic E-state index is 0.0149. The molecule has 90 valence electrons. The summed E-state index contributed by atoms with van der Waals surface area (Å²) in [7, 11) is 0. The summed E-state index contributed by atoms with van der Waals surface area (Å²) in [6.07, 6.45) is -2.08. The van der Waals surface area contributed by atoms with Crippen molar-refractivity contribution < 1.29 is 18.4 Å². The Morgan fingerprint density at radius 2 is 1.94 bits per heavy atom. The van der Waals surface area contributed by atoms with Gasteiger partial charge in [0.1, 0.15) is 11.5 Å². The molecule has 1 heterocycles. The normalized spacial score (nSPS) is 11.1. The Kier molecular flexibility index (Phi) is 3.49. The lowest BCUT2D eigenvalue weighted by Gasteiger charge is -1.99. The minimum atomic E-state index is -2.47. The van der Waals surface area contributed by atoms with Gasteiger partial charge in [0.15, 0.2) is 0 Å². The molecule has 0 spiro atoms. The molecule has 5 heteroatoms. The molecular formula is C12H11F2NO2. The monoisotopic (exact) mass is 239 g/mol. The van der Waals surface area contributed by atoms with Crippen molar-refractivity contribution in [3.63, 3.8) is 0 Å². The zero-order valence-corrected chi connectivity index (χ0v) is 8.94. The Balaban J connectivity index is 2.21. The van der Waals surface area contributed by atoms with Gasteiger partial charge in [0, 0.05) is 23.6 Å². The highest BCUT2D eigenvalue weighted by atomic mass is 19.3. The van der Waals surface area contributed by atoms with Crippen molar-refractivity contribution >= 4 is 0 Å². The van der Waals surface area contributed by atoms with Crippen molar-refractivity contribution in [3.8, 4) is 11.3 Å². The summed E-state index contributed by atoms with van der Waals surface area (Å²) >= 11 is 0. The SMILES string of the molecule is OCCc1cc(-c2ccc(C(F)F)cc2)no1. The first-order valence-electron chi connectivity index (χ1n) is 5.15. The van der Waals surface area contributed by atoms with Crippen LogP contribution in [0, 0.1) is 0 Å². The summed E-state index contributed by atoms with van der Waals surface area (Å²) in [6.45, 7) is -0.0149. The van der Waals surface area contributed by atoms with E-state index in [-0.39, 0.29) is 12.2 Å². The van der Waals surface area contributed by atoms with Crippen LogP contribution in [0.3, 0.4) is 0 Å². The van der Waals surface area contributed by atoms with Crippen molar-refractivity contribution in [1.82, 2.24) is 5.16 Å². The molecule has 1 aromatic carbocycles. The van der Waals surface area contributed by atoms with E-state index in [0.717, 1.165) is 0 Å². The lowest BCUT2D eigenvalue weighted by atomic mass is 10.1. The first-order chi connectivity index (χ1) is 8.20. The third-order valence-corrected chi connectivity index (χ3v) is 2.38. The van der Waals surface area contributed by atoms with E-state index in [1.54, 1.807) is 18.2 Å². The highest BCUT2D eigenvalue weighted by Crippen LogP contribution is 2.24. The van der Waals surface area contributed by atoms with Crippen molar-refractivity contribution in [1.29, 1.82) is 0 Å². The fraction of sp³-hybridized carbons (Fsp3) is 0.250. The Morgan fingerprint density at radius 1 is 1.24 bits per heavy atom. The van der Waals surface area contributed by atoms with Gasteiger partial charge in [-0.3, -0.25) is 0 Å². The number of aliphatic hydroxyl groups excluding tert-OH is 1. The summed E-state index contributed by atoms with van der Waals surface area (Å²) in [4.78, 5) is 0. The second-order valence-electron chi connectivity index (χ2n) is 3.57. The van der Waals surface area contributed by atoms with Crippen LogP contribution in [0.5, 0.6) is 0 Å². The van der Waals surface area contributed by atoms with E-state index in [0.29, 0.717) is 23.4 Å². The summed E-state index contributed by atoms with van der Waals surface area (Å²) < 4.78 is 29.7. The Bertz CT molecular complexity index is 480. The van der Waals surface area contributed by atoms with Gasteiger partial charge < -0.3 is 9.63 Å². The number of alkyl halides is 2. The molecule has 17 heavy (non-hydrogen) atoms. The van der Waals surface area contributed by atoms with Crippen LogP contribution in [0.15, 0.2) is 34.9 Å². The molecule has 0 unspecified atom stereocenters. The largest absolute Gasteiger partial charge is 0.396 e. The fourth-order valence-corrected chi connectivity index (χ4v) is 1.48. The quantitative estimate of drug-likeness (QED) is 0.892. The average molecular weight is 239 g/mol. The number of rotatable bonds is 4. The molecule has 0 aliphatic rings. The van der Waals surface area contributed by atoms with Crippen LogP contribution >= 0.6 is 0 Å². The minimum Gasteiger partial charge on any atom is -0.396 e. The summed E-state index contributed by atoms with van der Waals surface area (Å²) in [5.74, 6) is 0.570. The molecule has 1 aromatic heterocycles. The predicted molar refractivity (Wildman–Crippen MR) is 57.7 cm³/mol. The van der Waals surface area contributed by atoms with Crippen molar-refractivity contribution in [2.24, 2.45) is 0 Å². The van der Waals surface area contributed by atoms with E-state index in [1.807, 2.05) is 0 Å². The Morgan fingerprint density at radius 3 is 2.53 bits per heavy atom. The first kappa shape index (κ1) is 11.7. The van der Waals surface area contributed by atoms with Crippen LogP contribution in [0.25, 0.3) is 11.3 Å². The van der Waals surface area contributed by atoms with E-state index in [2.05, 4.69) is 5.16 Å². The molecule has 0 aliphatic heterocycles. The lowest BCUT2D eigenvalue weighted by molar-refractivity contribution is 0.151. The summed E-state index contributed by atoms with van der Waals surface area (Å²) in [5, 5.41) is 12.5. The third-order valence-electron chi connectivity index (χ3n) is 2.38. The summed E-state index contributed by atoms with van der Waals surface area (Å²) in [6, 6.07) is 7.55. The lowest BCUT2D eigenvalue weighted by Crippen LogP contribution is -1.86. The van der Waals surface area contributed by atoms with E-state index in [4.69, 9.17) is 9.63 Å². The van der Waals surface area contributed by atoms with Crippen molar-refractivity contribution in [3.05, 3.63) is 41.7 Å². The smallest absolute Gasteiger partial charge is 0.263 e. The van der Waals surface area contributed by atoms with E-state index in [9.17, 15) is 8.78 Å². The molecule has 0 radical (unpaired) electrons. The van der Waals surface area contributed by atoms with Gasteiger partial charge in [-0.05, 0) is 0 Å². The molecule has 0 atom stereocenters. The summed E-state index contributed by atoms with van der Waals surface area (Å²) in [5.41, 5.74) is 1.27. The molecule has 0 fully saturated rings. The van der Waals surface area contributed by atoms with Crippen LogP contribution in [0.4, 0.5) is 8.78 Å². The molecule has 3 nitrogen and oxygen atoms in total. The molecule has 2 aromatic rings. The van der Waals surface area contributed by atoms with Crippen LogP contribution in [0.2, 0.25) is 0 Å². The van der Waals surface area contributed by atoms with Gasteiger partial charge >= 0.3 is 0 Å². The fourth-order valence-electron chi connectivity index (χ4n) is 1.48. The van der Waals surface area contributed by atoms with Gasteiger partial charge in [-0.25, -0.2) is 8.78 Å². The molecule has 0 saturated carbocycles. The van der Waals surface area contributed by atoms with Crippen LogP contribution in [-0.2, 0) is 6.42 Å². The second kappa shape index (κ2) is 5.05. The van der Waals surface area contributed by atoms with E-state index >= 15 is 0 Å². The zero-order valence-electron chi connectivity index (χ0n) is 8.94. The maximum absolute atomic E-state index is 12.3. The number of halogens is 2. The number of benzene rings is 1. The zero-order chi connectivity index (χ0) is 12.3. The van der Waals surface area contributed by atoms with Crippen LogP contribution in [-0.4, -0.2) is 16.9 Å². The van der Waals surface area contributed by atoms with Gasteiger partial charge in [0.2, 0.25) is 0 Å². The van der Waals surface area contributed by atoms with E-state index in [1.165, 1.54) is 12.1 Å². The van der Waals surface area contributed by atoms with Gasteiger partial charge in [0.25, 0.3) is 6.43 Å². The van der Waals surface area contributed by atoms with Crippen molar-refractivity contribution in [2.75, 3.05) is 6.61 Å². The highest BCUT2D eigenvalue weighted by molar-refractivity contribution is 5.59. The standard InChI is InChI=1S/C12H11F2NO2/c13-12(14)9-3-1-8(2-4-9)11-7-10(5-6-16)17-15-11/h1-4,7,12,16H,5-6H2. The number of hydrogen-bond donors (Lipinski definition) is 1. The van der Waals surface area contributed by atoms with E-state index < -0.39 is 6.43 Å². The van der Waals surface area contributed by atoms with Gasteiger partial charge in [0.05, 0.1) is 6.61 Å². The third kappa shape index (κ3) is 2.68. The second-order valence-corrected chi connectivity index (χ2v) is 3.57. The van der Waals surface area contributed by atoms with Gasteiger partial charge in [-0.15, -0.1) is 0 Å². The predicted octanol–water partition coefficient (Wildman–Crippen LogP) is 2.81. The van der Waals surface area contributed by atoms with Crippen molar-refractivity contribution in [2.45, 2.75) is 12.8 Å². The number of hydrogen-bond acceptors (Lipinski definition) is 3. The average Bonchev–Trinajstić information content (AvgIpc) is 2.78. The Labute approximate surface area is 96.7 Å². The molecular weight excluding hydrogens is 228 g/mol. The van der Waals surface area contributed by atoms with Gasteiger partial charge in [-0.2, -0.15) is 0 Å². The number of aliphatic hydroxyl groups is 1. The topological polar surface area (TPSA) is 46.3 Å². The number of nitrogens with zero attached hydrogens (tertiary/aromatic N) is 1. The molecule has 2 rings (SSSR count). The maximum atomic E-state index is 12.3. The van der Waals surface area contributed by atoms with Crippen LogP contribution < -0.4 is 0 Å². The Hall–Kier alpha value is -1.75. The molecule has 0 aliphatic carbocycles. The first-order valence-corrected chi connectivity index (χ1v) is 5.15. The highest BCUT2D eigenvalue weighted by Gasteiger charge is 2.09.